The van der Waals surface area contributed by atoms with Crippen molar-refractivity contribution in [1.82, 2.24) is 25.1 Å². The smallest absolute Gasteiger partial charge is 0.261 e. The molecule has 6 nitrogen and oxygen atoms in total. The van der Waals surface area contributed by atoms with Gasteiger partial charge in [-0.25, -0.2) is 0 Å². The third-order valence-corrected chi connectivity index (χ3v) is 3.95. The lowest BCUT2D eigenvalue weighted by Crippen LogP contribution is -2.17. The summed E-state index contributed by atoms with van der Waals surface area (Å²) in [6.07, 6.45) is 0.789. The van der Waals surface area contributed by atoms with Gasteiger partial charge in [0, 0.05) is 0 Å². The summed E-state index contributed by atoms with van der Waals surface area (Å²) in [4.78, 5) is 0.846. The summed E-state index contributed by atoms with van der Waals surface area (Å²) in [6.45, 7) is 2.03. The third kappa shape index (κ3) is 2.70. The van der Waals surface area contributed by atoms with E-state index in [-0.39, 0.29) is 6.04 Å². The van der Waals surface area contributed by atoms with Crippen LogP contribution < -0.4 is 5.32 Å². The maximum absolute atomic E-state index is 5.82. The van der Waals surface area contributed by atoms with E-state index in [2.05, 4.69) is 25.1 Å². The molecule has 7 heteroatoms. The first-order valence-corrected chi connectivity index (χ1v) is 7.48. The minimum Gasteiger partial charge on any atom is -0.418 e. The van der Waals surface area contributed by atoms with Crippen LogP contribution in [-0.4, -0.2) is 26.8 Å². The van der Waals surface area contributed by atoms with Gasteiger partial charge < -0.3 is 9.73 Å². The standard InChI is InChI=1S/C14H15N5OS/c1-3-10-12(21-19-16-10)14-18-17-13(20-14)11(15-2)9-7-5-4-6-8-9/h4-8,11,15H,3H2,1-2H3. The monoisotopic (exact) mass is 301 g/mol. The highest BCUT2D eigenvalue weighted by molar-refractivity contribution is 7.09. The van der Waals surface area contributed by atoms with Crippen LogP contribution in [0.5, 0.6) is 0 Å². The lowest BCUT2D eigenvalue weighted by atomic mass is 10.1. The second kappa shape index (κ2) is 6.11. The minimum atomic E-state index is -0.126. The van der Waals surface area contributed by atoms with Crippen molar-refractivity contribution in [1.29, 1.82) is 0 Å². The Kier molecular flexibility index (Phi) is 4.03. The Morgan fingerprint density at radius 3 is 2.71 bits per heavy atom. The molecule has 0 spiro atoms. The van der Waals surface area contributed by atoms with Gasteiger partial charge in [0.2, 0.25) is 5.89 Å². The van der Waals surface area contributed by atoms with Gasteiger partial charge >= 0.3 is 0 Å². The number of aryl methyl sites for hydroxylation is 1. The average Bonchev–Trinajstić information content (AvgIpc) is 3.17. The molecule has 0 saturated heterocycles. The zero-order chi connectivity index (χ0) is 14.7. The zero-order valence-corrected chi connectivity index (χ0v) is 12.6. The number of aromatic nitrogens is 4. The Morgan fingerprint density at radius 2 is 2.00 bits per heavy atom. The lowest BCUT2D eigenvalue weighted by Gasteiger charge is -2.11. The molecule has 1 aromatic carbocycles. The van der Waals surface area contributed by atoms with Gasteiger partial charge in [0.05, 0.1) is 5.69 Å². The van der Waals surface area contributed by atoms with Crippen LogP contribution in [-0.2, 0) is 6.42 Å². The molecule has 0 radical (unpaired) electrons. The Morgan fingerprint density at radius 1 is 1.19 bits per heavy atom. The largest absolute Gasteiger partial charge is 0.418 e. The number of hydrogen-bond acceptors (Lipinski definition) is 7. The van der Waals surface area contributed by atoms with E-state index in [1.807, 2.05) is 44.3 Å². The molecule has 3 aromatic rings. The number of rotatable bonds is 5. The SMILES string of the molecule is CCc1nnsc1-c1nnc(C(NC)c2ccccc2)o1. The fourth-order valence-corrected chi connectivity index (χ4v) is 2.80. The Bertz CT molecular complexity index is 709. The van der Waals surface area contributed by atoms with Gasteiger partial charge in [-0.05, 0) is 30.6 Å². The van der Waals surface area contributed by atoms with Crippen LogP contribution in [0.25, 0.3) is 10.8 Å². The zero-order valence-electron chi connectivity index (χ0n) is 11.8. The number of hydrogen-bond donors (Lipinski definition) is 1. The third-order valence-electron chi connectivity index (χ3n) is 3.19. The van der Waals surface area contributed by atoms with E-state index in [1.165, 1.54) is 11.5 Å². The first-order valence-electron chi connectivity index (χ1n) is 6.70. The van der Waals surface area contributed by atoms with Gasteiger partial charge in [0.1, 0.15) is 10.9 Å². The molecule has 0 bridgehead atoms. The Labute approximate surface area is 126 Å². The molecule has 108 valence electrons. The fraction of sp³-hybridized carbons (Fsp3) is 0.286. The fourth-order valence-electron chi connectivity index (χ4n) is 2.12. The van der Waals surface area contributed by atoms with Crippen molar-refractivity contribution >= 4 is 11.5 Å². The van der Waals surface area contributed by atoms with Crippen molar-refractivity contribution in [3.05, 3.63) is 47.5 Å². The summed E-state index contributed by atoms with van der Waals surface area (Å²) in [5.74, 6) is 1.02. The van der Waals surface area contributed by atoms with Gasteiger partial charge in [-0.3, -0.25) is 0 Å². The average molecular weight is 301 g/mol. The van der Waals surface area contributed by atoms with Crippen LogP contribution >= 0.6 is 11.5 Å². The second-order valence-electron chi connectivity index (χ2n) is 4.48. The summed E-state index contributed by atoms with van der Waals surface area (Å²) in [6, 6.07) is 9.87. The molecule has 0 saturated carbocycles. The summed E-state index contributed by atoms with van der Waals surface area (Å²) < 4.78 is 9.77. The van der Waals surface area contributed by atoms with Gasteiger partial charge in [0.25, 0.3) is 5.89 Å². The van der Waals surface area contributed by atoms with Crippen molar-refractivity contribution in [2.45, 2.75) is 19.4 Å². The molecular weight excluding hydrogens is 286 g/mol. The van der Waals surface area contributed by atoms with Gasteiger partial charge in [-0.2, -0.15) is 0 Å². The Balaban J connectivity index is 1.94. The molecular formula is C14H15N5OS. The first-order chi connectivity index (χ1) is 10.3. The summed E-state index contributed by atoms with van der Waals surface area (Å²) in [7, 11) is 1.87. The molecule has 2 heterocycles. The molecule has 1 unspecified atom stereocenters. The molecule has 2 aromatic heterocycles. The number of benzene rings is 1. The van der Waals surface area contributed by atoms with Crippen LogP contribution in [0.2, 0.25) is 0 Å². The van der Waals surface area contributed by atoms with Gasteiger partial charge in [-0.15, -0.1) is 15.3 Å². The normalized spacial score (nSPS) is 12.5. The molecule has 0 aliphatic carbocycles. The lowest BCUT2D eigenvalue weighted by molar-refractivity contribution is 0.456. The van der Waals surface area contributed by atoms with E-state index in [0.717, 1.165) is 22.6 Å². The molecule has 0 fully saturated rings. The number of nitrogens with zero attached hydrogens (tertiary/aromatic N) is 4. The molecule has 1 atom stereocenters. The molecule has 0 amide bonds. The van der Waals surface area contributed by atoms with Crippen molar-refractivity contribution in [2.75, 3.05) is 7.05 Å². The van der Waals surface area contributed by atoms with E-state index in [0.29, 0.717) is 11.8 Å². The highest BCUT2D eigenvalue weighted by atomic mass is 32.1. The predicted octanol–water partition coefficient (Wildman–Crippen LogP) is 2.46. The maximum atomic E-state index is 5.82. The van der Waals surface area contributed by atoms with Gasteiger partial charge in [-0.1, -0.05) is 41.7 Å². The van der Waals surface area contributed by atoms with Crippen molar-refractivity contribution in [3.8, 4) is 10.8 Å². The molecule has 3 rings (SSSR count). The van der Waals surface area contributed by atoms with Crippen molar-refractivity contribution < 1.29 is 4.42 Å². The van der Waals surface area contributed by atoms with Crippen LogP contribution in [0.1, 0.15) is 30.1 Å². The van der Waals surface area contributed by atoms with Crippen molar-refractivity contribution in [2.24, 2.45) is 0 Å². The van der Waals surface area contributed by atoms with E-state index in [9.17, 15) is 0 Å². The molecule has 1 N–H and O–H groups in total. The van der Waals surface area contributed by atoms with Crippen LogP contribution in [0.3, 0.4) is 0 Å². The quantitative estimate of drug-likeness (QED) is 0.780. The number of nitrogens with one attached hydrogen (secondary N) is 1. The maximum Gasteiger partial charge on any atom is 0.261 e. The second-order valence-corrected chi connectivity index (χ2v) is 5.23. The first kappa shape index (κ1) is 13.8. The van der Waals surface area contributed by atoms with Crippen molar-refractivity contribution in [3.63, 3.8) is 0 Å². The highest BCUT2D eigenvalue weighted by Crippen LogP contribution is 2.28. The van der Waals surface area contributed by atoms with E-state index < -0.39 is 0 Å². The summed E-state index contributed by atoms with van der Waals surface area (Å²) >= 11 is 1.28. The van der Waals surface area contributed by atoms with Crippen LogP contribution in [0.15, 0.2) is 34.7 Å². The Hall–Kier alpha value is -2.12. The van der Waals surface area contributed by atoms with E-state index in [1.54, 1.807) is 0 Å². The topological polar surface area (TPSA) is 76.7 Å². The molecule has 0 aliphatic rings. The highest BCUT2D eigenvalue weighted by Gasteiger charge is 2.21. The predicted molar refractivity (Wildman–Crippen MR) is 79.9 cm³/mol. The summed E-state index contributed by atoms with van der Waals surface area (Å²) in [5.41, 5.74) is 1.96. The van der Waals surface area contributed by atoms with Gasteiger partial charge in [0.15, 0.2) is 0 Å². The van der Waals surface area contributed by atoms with E-state index >= 15 is 0 Å². The molecule has 0 aliphatic heterocycles. The van der Waals surface area contributed by atoms with Crippen LogP contribution in [0.4, 0.5) is 0 Å². The van der Waals surface area contributed by atoms with Crippen LogP contribution in [0, 0.1) is 0 Å². The minimum absolute atomic E-state index is 0.126. The molecule has 21 heavy (non-hydrogen) atoms. The van der Waals surface area contributed by atoms with E-state index in [4.69, 9.17) is 4.42 Å². The summed E-state index contributed by atoms with van der Waals surface area (Å²) in [5, 5.41) is 15.6.